The summed E-state index contributed by atoms with van der Waals surface area (Å²) in [5, 5.41) is 0. The van der Waals surface area contributed by atoms with Crippen molar-refractivity contribution in [3.05, 3.63) is 35.9 Å². The van der Waals surface area contributed by atoms with E-state index in [1.807, 2.05) is 50.2 Å². The summed E-state index contributed by atoms with van der Waals surface area (Å²) in [5.74, 6) is 1.58. The van der Waals surface area contributed by atoms with Gasteiger partial charge in [-0.3, -0.25) is 0 Å². The number of ether oxygens (including phenoxy) is 3. The van der Waals surface area contributed by atoms with Gasteiger partial charge in [0.05, 0.1) is 32.7 Å². The first kappa shape index (κ1) is 24.2. The Morgan fingerprint density at radius 3 is 2.36 bits per heavy atom. The summed E-state index contributed by atoms with van der Waals surface area (Å²) in [4.78, 5) is 12.7. The van der Waals surface area contributed by atoms with Gasteiger partial charge in [0.2, 0.25) is 11.7 Å². The van der Waals surface area contributed by atoms with Gasteiger partial charge in [0.15, 0.2) is 16.4 Å². The van der Waals surface area contributed by atoms with Crippen LogP contribution in [0.3, 0.4) is 0 Å². The highest BCUT2D eigenvalue weighted by Crippen LogP contribution is 2.48. The summed E-state index contributed by atoms with van der Waals surface area (Å²) in [6, 6.07) is 9.24. The molecule has 2 aromatic carbocycles. The molecule has 0 aromatic heterocycles. The third-order valence-corrected chi connectivity index (χ3v) is 6.50. The Morgan fingerprint density at radius 2 is 1.76 bits per heavy atom. The van der Waals surface area contributed by atoms with E-state index in [9.17, 15) is 8.42 Å². The molecule has 33 heavy (non-hydrogen) atoms. The summed E-state index contributed by atoms with van der Waals surface area (Å²) < 4.78 is 44.8. The van der Waals surface area contributed by atoms with Gasteiger partial charge < -0.3 is 24.0 Å². The normalized spacial score (nSPS) is 14.5. The molecule has 0 radical (unpaired) electrons. The number of hydrogen-bond acceptors (Lipinski definition) is 8. The highest BCUT2D eigenvalue weighted by Gasteiger charge is 2.34. The third kappa shape index (κ3) is 4.98. The van der Waals surface area contributed by atoms with Gasteiger partial charge in [-0.25, -0.2) is 23.1 Å². The minimum absolute atomic E-state index is 0.0339. The molecule has 1 aliphatic rings. The third-order valence-electron chi connectivity index (χ3n) is 5.12. The number of rotatable bonds is 6. The quantitative estimate of drug-likeness (QED) is 0.506. The standard InChI is InChI=1S/C22H29N5O5S/c1-14(26(2)3)23-16-10-8-9-15(11-16)13-27(4)22-24-17-12-18(30-5)19(31-6)20(32-7)21(17)33(28,29)25-22/h8-12H,13H2,1-7H3,(H,24,25)/b23-14+. The van der Waals surface area contributed by atoms with Gasteiger partial charge in [0, 0.05) is 33.8 Å². The summed E-state index contributed by atoms with van der Waals surface area (Å²) in [5.41, 5.74) is 1.96. The van der Waals surface area contributed by atoms with Crippen molar-refractivity contribution in [2.45, 2.75) is 18.4 Å². The molecule has 0 saturated heterocycles. The average Bonchev–Trinajstić information content (AvgIpc) is 2.77. The Bertz CT molecular complexity index is 1210. The first-order valence-corrected chi connectivity index (χ1v) is 11.6. The minimum atomic E-state index is -3.97. The fourth-order valence-corrected chi connectivity index (χ4v) is 4.63. The lowest BCUT2D eigenvalue weighted by Gasteiger charge is -2.27. The SMILES string of the molecule is COc1cc2c(c(OC)c1OC)S(=O)(=O)NC(N(C)Cc1cccc(/N=C(\C)N(C)C)c1)=N2. The highest BCUT2D eigenvalue weighted by atomic mass is 32.2. The molecule has 10 nitrogen and oxygen atoms in total. The predicted molar refractivity (Wildman–Crippen MR) is 128 cm³/mol. The van der Waals surface area contributed by atoms with E-state index in [-0.39, 0.29) is 28.0 Å². The van der Waals surface area contributed by atoms with E-state index in [2.05, 4.69) is 14.7 Å². The first-order valence-electron chi connectivity index (χ1n) is 10.1. The topological polar surface area (TPSA) is 105 Å². The van der Waals surface area contributed by atoms with Crippen LogP contribution in [-0.2, 0) is 16.6 Å². The Balaban J connectivity index is 1.98. The smallest absolute Gasteiger partial charge is 0.270 e. The molecule has 0 amide bonds. The summed E-state index contributed by atoms with van der Waals surface area (Å²) in [6.45, 7) is 2.34. The molecule has 0 fully saturated rings. The van der Waals surface area contributed by atoms with E-state index in [0.29, 0.717) is 12.3 Å². The van der Waals surface area contributed by atoms with Crippen LogP contribution in [0.15, 0.2) is 45.2 Å². The van der Waals surface area contributed by atoms with Crippen molar-refractivity contribution < 1.29 is 22.6 Å². The Hall–Kier alpha value is -3.47. The van der Waals surface area contributed by atoms with E-state index in [4.69, 9.17) is 14.2 Å². The van der Waals surface area contributed by atoms with Crippen molar-refractivity contribution in [2.75, 3.05) is 42.5 Å². The molecule has 3 rings (SSSR count). The molecule has 0 saturated carbocycles. The van der Waals surface area contributed by atoms with Gasteiger partial charge in [-0.15, -0.1) is 0 Å². The molecule has 1 N–H and O–H groups in total. The lowest BCUT2D eigenvalue weighted by atomic mass is 10.2. The maximum Gasteiger partial charge on any atom is 0.270 e. The number of guanidine groups is 1. The zero-order chi connectivity index (χ0) is 24.3. The second kappa shape index (κ2) is 9.57. The maximum atomic E-state index is 13.1. The molecule has 0 unspecified atom stereocenters. The molecule has 0 aliphatic carbocycles. The van der Waals surface area contributed by atoms with Crippen LogP contribution in [0, 0.1) is 0 Å². The van der Waals surface area contributed by atoms with Crippen molar-refractivity contribution >= 4 is 33.2 Å². The number of aliphatic imine (C=N–C) groups is 2. The van der Waals surface area contributed by atoms with Crippen LogP contribution in [0.25, 0.3) is 0 Å². The first-order chi connectivity index (χ1) is 15.6. The number of benzene rings is 2. The van der Waals surface area contributed by atoms with Gasteiger partial charge in [0.1, 0.15) is 5.84 Å². The zero-order valence-electron chi connectivity index (χ0n) is 19.8. The molecule has 1 aliphatic heterocycles. The fraction of sp³-hybridized carbons (Fsp3) is 0.364. The second-order valence-corrected chi connectivity index (χ2v) is 9.23. The zero-order valence-corrected chi connectivity index (χ0v) is 20.6. The predicted octanol–water partition coefficient (Wildman–Crippen LogP) is 2.74. The van der Waals surface area contributed by atoms with Crippen LogP contribution >= 0.6 is 0 Å². The van der Waals surface area contributed by atoms with E-state index in [1.165, 1.54) is 27.4 Å². The molecule has 2 aromatic rings. The molecule has 1 heterocycles. The Morgan fingerprint density at radius 1 is 1.06 bits per heavy atom. The number of nitrogens with one attached hydrogen (secondary N) is 1. The molecular formula is C22H29N5O5S. The number of sulfonamides is 1. The van der Waals surface area contributed by atoms with Gasteiger partial charge in [-0.1, -0.05) is 12.1 Å². The highest BCUT2D eigenvalue weighted by molar-refractivity contribution is 7.90. The van der Waals surface area contributed by atoms with Crippen LogP contribution in [-0.4, -0.2) is 72.5 Å². The summed E-state index contributed by atoms with van der Waals surface area (Å²) in [6.07, 6.45) is 0. The van der Waals surface area contributed by atoms with Crippen molar-refractivity contribution in [3.8, 4) is 17.2 Å². The summed E-state index contributed by atoms with van der Waals surface area (Å²) in [7, 11) is 5.89. The van der Waals surface area contributed by atoms with Crippen LogP contribution in [0.5, 0.6) is 17.2 Å². The monoisotopic (exact) mass is 475 g/mol. The molecule has 0 spiro atoms. The largest absolute Gasteiger partial charge is 0.493 e. The van der Waals surface area contributed by atoms with Crippen LogP contribution in [0.2, 0.25) is 0 Å². The molecule has 0 bridgehead atoms. The minimum Gasteiger partial charge on any atom is -0.493 e. The lowest BCUT2D eigenvalue weighted by Crippen LogP contribution is -2.43. The maximum absolute atomic E-state index is 13.1. The summed E-state index contributed by atoms with van der Waals surface area (Å²) >= 11 is 0. The number of methoxy groups -OCH3 is 3. The van der Waals surface area contributed by atoms with Crippen molar-refractivity contribution in [2.24, 2.45) is 9.98 Å². The number of amidine groups is 1. The molecule has 0 atom stereocenters. The van der Waals surface area contributed by atoms with Crippen LogP contribution in [0.4, 0.5) is 11.4 Å². The number of hydrogen-bond donors (Lipinski definition) is 1. The van der Waals surface area contributed by atoms with Gasteiger partial charge >= 0.3 is 0 Å². The molecule has 178 valence electrons. The average molecular weight is 476 g/mol. The van der Waals surface area contributed by atoms with Crippen molar-refractivity contribution in [1.29, 1.82) is 0 Å². The van der Waals surface area contributed by atoms with Gasteiger partial charge in [-0.05, 0) is 24.6 Å². The van der Waals surface area contributed by atoms with Gasteiger partial charge in [-0.2, -0.15) is 0 Å². The second-order valence-electron chi connectivity index (χ2n) is 7.61. The van der Waals surface area contributed by atoms with E-state index in [0.717, 1.165) is 17.1 Å². The van der Waals surface area contributed by atoms with Crippen LogP contribution in [0.1, 0.15) is 12.5 Å². The van der Waals surface area contributed by atoms with E-state index < -0.39 is 10.0 Å². The van der Waals surface area contributed by atoms with Crippen LogP contribution < -0.4 is 18.9 Å². The molecule has 11 heteroatoms. The lowest BCUT2D eigenvalue weighted by molar-refractivity contribution is 0.319. The Labute approximate surface area is 194 Å². The number of nitrogens with zero attached hydrogens (tertiary/aromatic N) is 4. The van der Waals surface area contributed by atoms with E-state index >= 15 is 0 Å². The Kier molecular flexibility index (Phi) is 7.01. The van der Waals surface area contributed by atoms with E-state index in [1.54, 1.807) is 11.9 Å². The van der Waals surface area contributed by atoms with Gasteiger partial charge in [0.25, 0.3) is 10.0 Å². The van der Waals surface area contributed by atoms with Crippen molar-refractivity contribution in [1.82, 2.24) is 14.5 Å². The van der Waals surface area contributed by atoms with Crippen molar-refractivity contribution in [3.63, 3.8) is 0 Å². The fourth-order valence-electron chi connectivity index (χ4n) is 3.29. The number of fused-ring (bicyclic) bond motifs is 1. The molecular weight excluding hydrogens is 446 g/mol.